The van der Waals surface area contributed by atoms with Gasteiger partial charge in [0.05, 0.1) is 11.0 Å². The number of hydrogen-bond acceptors (Lipinski definition) is 4. The number of nitrogens with one attached hydrogen (secondary N) is 2. The molecule has 0 aliphatic heterocycles. The van der Waals surface area contributed by atoms with Gasteiger partial charge in [-0.3, -0.25) is 10.0 Å². The van der Waals surface area contributed by atoms with Crippen LogP contribution in [-0.4, -0.2) is 33.3 Å². The predicted molar refractivity (Wildman–Crippen MR) is 105 cm³/mol. The van der Waals surface area contributed by atoms with Crippen molar-refractivity contribution in [3.05, 3.63) is 35.7 Å². The van der Waals surface area contributed by atoms with Gasteiger partial charge in [0.1, 0.15) is 5.82 Å². The van der Waals surface area contributed by atoms with Crippen molar-refractivity contribution in [2.75, 3.05) is 6.54 Å². The Morgan fingerprint density at radius 3 is 2.77 bits per heavy atom. The second-order valence-corrected chi connectivity index (χ2v) is 6.95. The lowest BCUT2D eigenvalue weighted by Crippen LogP contribution is -2.24. The van der Waals surface area contributed by atoms with Gasteiger partial charge in [-0.25, -0.2) is 10.5 Å². The number of benzene rings is 1. The minimum Gasteiger partial charge on any atom is -0.328 e. The van der Waals surface area contributed by atoms with Crippen LogP contribution in [0, 0.1) is 0 Å². The van der Waals surface area contributed by atoms with Crippen LogP contribution in [0.15, 0.2) is 24.3 Å². The smallest absolute Gasteiger partial charge is 0.267 e. The molecule has 0 radical (unpaired) electrons. The normalized spacial score (nSPS) is 13.0. The van der Waals surface area contributed by atoms with Crippen LogP contribution in [-0.2, 0) is 11.3 Å². The third-order valence-corrected chi connectivity index (χ3v) is 4.50. The lowest BCUT2D eigenvalue weighted by atomic mass is 10.1. The maximum atomic E-state index is 11.2. The second-order valence-electron chi connectivity index (χ2n) is 6.95. The number of carbonyl (C=O) groups excluding carboxylic acids is 1. The number of hydrogen-bond donors (Lipinski definition) is 3. The molecular formula is C20H30N4O2. The van der Waals surface area contributed by atoms with Crippen molar-refractivity contribution >= 4 is 23.0 Å². The van der Waals surface area contributed by atoms with E-state index in [2.05, 4.69) is 43.6 Å². The molecule has 0 bridgehead atoms. The maximum absolute atomic E-state index is 11.2. The molecule has 0 saturated carbocycles. The number of nitrogens with zero attached hydrogens (tertiary/aromatic N) is 2. The average Bonchev–Trinajstić information content (AvgIpc) is 3.00. The first-order chi connectivity index (χ1) is 12.5. The number of aryl methyl sites for hydroxylation is 1. The predicted octanol–water partition coefficient (Wildman–Crippen LogP) is 3.46. The van der Waals surface area contributed by atoms with Crippen LogP contribution in [0.5, 0.6) is 0 Å². The van der Waals surface area contributed by atoms with Crippen molar-refractivity contribution in [3.8, 4) is 0 Å². The van der Waals surface area contributed by atoms with E-state index < -0.39 is 5.91 Å². The molecule has 1 atom stereocenters. The van der Waals surface area contributed by atoms with Gasteiger partial charge in [0, 0.05) is 24.6 Å². The zero-order chi connectivity index (χ0) is 19.1. The maximum Gasteiger partial charge on any atom is 0.267 e. The van der Waals surface area contributed by atoms with Crippen LogP contribution in [0.25, 0.3) is 17.1 Å². The standard InChI is InChI=1S/C20H30N4O2/c1-5-15(4)20-22-17-13-16(8-10-19(25)23-26)7-9-18(17)24(20)12-6-11-21-14(2)3/h7-10,13-15,21,26H,5-6,11-12H2,1-4H3,(H,23,25)/b10-8+. The second kappa shape index (κ2) is 9.50. The third-order valence-electron chi connectivity index (χ3n) is 4.50. The van der Waals surface area contributed by atoms with E-state index in [0.29, 0.717) is 12.0 Å². The largest absolute Gasteiger partial charge is 0.328 e. The van der Waals surface area contributed by atoms with Gasteiger partial charge in [0.25, 0.3) is 5.91 Å². The topological polar surface area (TPSA) is 79.2 Å². The van der Waals surface area contributed by atoms with Gasteiger partial charge >= 0.3 is 0 Å². The first-order valence-corrected chi connectivity index (χ1v) is 9.32. The fourth-order valence-corrected chi connectivity index (χ4v) is 2.90. The first kappa shape index (κ1) is 20.1. The molecule has 0 saturated heterocycles. The number of rotatable bonds is 9. The minimum atomic E-state index is -0.548. The summed E-state index contributed by atoms with van der Waals surface area (Å²) in [4.78, 5) is 16.0. The van der Waals surface area contributed by atoms with E-state index in [4.69, 9.17) is 10.2 Å². The van der Waals surface area contributed by atoms with E-state index in [9.17, 15) is 4.79 Å². The summed E-state index contributed by atoms with van der Waals surface area (Å²) in [5, 5.41) is 12.0. The highest BCUT2D eigenvalue weighted by atomic mass is 16.5. The lowest BCUT2D eigenvalue weighted by molar-refractivity contribution is -0.124. The summed E-state index contributed by atoms with van der Waals surface area (Å²) < 4.78 is 2.32. The molecule has 0 spiro atoms. The van der Waals surface area contributed by atoms with Crippen molar-refractivity contribution in [1.29, 1.82) is 0 Å². The van der Waals surface area contributed by atoms with Crippen molar-refractivity contribution in [2.45, 2.75) is 59.0 Å². The highest BCUT2D eigenvalue weighted by Gasteiger charge is 2.15. The summed E-state index contributed by atoms with van der Waals surface area (Å²) in [5.41, 5.74) is 4.52. The van der Waals surface area contributed by atoms with E-state index in [1.807, 2.05) is 12.1 Å². The van der Waals surface area contributed by atoms with Crippen LogP contribution in [0.1, 0.15) is 57.8 Å². The molecule has 6 heteroatoms. The molecule has 6 nitrogen and oxygen atoms in total. The van der Waals surface area contributed by atoms with Gasteiger partial charge in [-0.2, -0.15) is 0 Å². The monoisotopic (exact) mass is 358 g/mol. The average molecular weight is 358 g/mol. The third kappa shape index (κ3) is 5.16. The zero-order valence-corrected chi connectivity index (χ0v) is 16.1. The van der Waals surface area contributed by atoms with Crippen LogP contribution in [0.4, 0.5) is 0 Å². The molecule has 3 N–H and O–H groups in total. The number of fused-ring (bicyclic) bond motifs is 1. The van der Waals surface area contributed by atoms with Crippen molar-refractivity contribution in [1.82, 2.24) is 20.3 Å². The quantitative estimate of drug-likeness (QED) is 0.278. The molecule has 0 fully saturated rings. The fourth-order valence-electron chi connectivity index (χ4n) is 2.90. The van der Waals surface area contributed by atoms with Gasteiger partial charge in [-0.15, -0.1) is 0 Å². The highest BCUT2D eigenvalue weighted by Crippen LogP contribution is 2.25. The summed E-state index contributed by atoms with van der Waals surface area (Å²) in [6.45, 7) is 10.6. The minimum absolute atomic E-state index is 0.389. The molecule has 0 aliphatic rings. The zero-order valence-electron chi connectivity index (χ0n) is 16.1. The van der Waals surface area contributed by atoms with Crippen molar-refractivity contribution in [2.24, 2.45) is 0 Å². The van der Waals surface area contributed by atoms with Gasteiger partial charge in [0.15, 0.2) is 0 Å². The van der Waals surface area contributed by atoms with Crippen molar-refractivity contribution < 1.29 is 10.0 Å². The molecule has 142 valence electrons. The SMILES string of the molecule is CCC(C)c1nc2cc(/C=C/C(=O)NO)ccc2n1CCCNC(C)C. The molecular weight excluding hydrogens is 328 g/mol. The molecule has 2 aromatic rings. The molecule has 1 amide bonds. The van der Waals surface area contributed by atoms with Gasteiger partial charge in [0.2, 0.25) is 0 Å². The number of hydroxylamine groups is 1. The van der Waals surface area contributed by atoms with Crippen LogP contribution >= 0.6 is 0 Å². The Balaban J connectivity index is 2.29. The number of carbonyl (C=O) groups is 1. The van der Waals surface area contributed by atoms with Crippen LogP contribution in [0.3, 0.4) is 0 Å². The molecule has 1 unspecified atom stereocenters. The van der Waals surface area contributed by atoms with Gasteiger partial charge in [-0.1, -0.05) is 33.8 Å². The highest BCUT2D eigenvalue weighted by molar-refractivity contribution is 5.91. The Bertz CT molecular complexity index is 765. The number of aromatic nitrogens is 2. The molecule has 26 heavy (non-hydrogen) atoms. The molecule has 0 aliphatic carbocycles. The summed E-state index contributed by atoms with van der Waals surface area (Å²) in [7, 11) is 0. The summed E-state index contributed by atoms with van der Waals surface area (Å²) >= 11 is 0. The number of imidazole rings is 1. The Kier molecular flexibility index (Phi) is 7.36. The summed E-state index contributed by atoms with van der Waals surface area (Å²) in [6, 6.07) is 6.49. The van der Waals surface area contributed by atoms with Crippen LogP contribution in [0.2, 0.25) is 0 Å². The lowest BCUT2D eigenvalue weighted by Gasteiger charge is -2.14. The summed E-state index contributed by atoms with van der Waals surface area (Å²) in [5.74, 6) is 0.953. The molecule has 1 aromatic carbocycles. The van der Waals surface area contributed by atoms with Crippen LogP contribution < -0.4 is 10.8 Å². The van der Waals surface area contributed by atoms with Crippen molar-refractivity contribution in [3.63, 3.8) is 0 Å². The van der Waals surface area contributed by atoms with Gasteiger partial charge < -0.3 is 9.88 Å². The fraction of sp³-hybridized carbons (Fsp3) is 0.500. The van der Waals surface area contributed by atoms with E-state index in [-0.39, 0.29) is 0 Å². The van der Waals surface area contributed by atoms with E-state index in [1.165, 1.54) is 6.08 Å². The van der Waals surface area contributed by atoms with E-state index in [0.717, 1.165) is 48.4 Å². The molecule has 2 rings (SSSR count). The first-order valence-electron chi connectivity index (χ1n) is 9.32. The Labute approximate surface area is 155 Å². The Morgan fingerprint density at radius 1 is 1.35 bits per heavy atom. The van der Waals surface area contributed by atoms with Gasteiger partial charge in [-0.05, 0) is 43.2 Å². The Morgan fingerprint density at radius 2 is 2.12 bits per heavy atom. The Hall–Kier alpha value is -2.18. The van der Waals surface area contributed by atoms with E-state index >= 15 is 0 Å². The number of amides is 1. The summed E-state index contributed by atoms with van der Waals surface area (Å²) in [6.07, 6.45) is 5.05. The van der Waals surface area contributed by atoms with E-state index in [1.54, 1.807) is 11.6 Å². The molecule has 1 aromatic heterocycles. The molecule has 1 heterocycles.